The Morgan fingerprint density at radius 3 is 2.39 bits per heavy atom. The highest BCUT2D eigenvalue weighted by molar-refractivity contribution is 7.99. The molecule has 1 saturated heterocycles. The molecular formula is C20H34N2O10S. The fraction of sp³-hybridized carbons (Fsp3) is 0.800. The van der Waals surface area contributed by atoms with Gasteiger partial charge >= 0.3 is 18.0 Å². The van der Waals surface area contributed by atoms with E-state index in [2.05, 4.69) is 10.6 Å². The molecule has 4 N–H and O–H groups in total. The van der Waals surface area contributed by atoms with Crippen LogP contribution in [0.1, 0.15) is 47.0 Å². The number of carboxylic acids is 1. The van der Waals surface area contributed by atoms with Crippen LogP contribution >= 0.6 is 11.8 Å². The second-order valence-electron chi connectivity index (χ2n) is 8.39. The number of aliphatic hydroxyl groups is 1. The predicted octanol–water partition coefficient (Wildman–Crippen LogP) is 0.607. The molecule has 33 heavy (non-hydrogen) atoms. The number of nitrogens with one attached hydrogen (secondary N) is 2. The van der Waals surface area contributed by atoms with Gasteiger partial charge in [0.1, 0.15) is 11.6 Å². The van der Waals surface area contributed by atoms with E-state index >= 15 is 0 Å². The van der Waals surface area contributed by atoms with E-state index in [1.807, 2.05) is 0 Å². The van der Waals surface area contributed by atoms with Crippen molar-refractivity contribution in [2.24, 2.45) is 0 Å². The molecule has 190 valence electrons. The zero-order valence-electron chi connectivity index (χ0n) is 19.5. The van der Waals surface area contributed by atoms with Gasteiger partial charge in [-0.3, -0.25) is 9.59 Å². The lowest BCUT2D eigenvalue weighted by atomic mass is 9.94. The zero-order valence-corrected chi connectivity index (χ0v) is 20.4. The first-order valence-electron chi connectivity index (χ1n) is 10.4. The quantitative estimate of drug-likeness (QED) is 0.234. The van der Waals surface area contributed by atoms with Crippen LogP contribution in [0.25, 0.3) is 0 Å². The van der Waals surface area contributed by atoms with Crippen LogP contribution in [0.5, 0.6) is 0 Å². The molecule has 0 spiro atoms. The Bertz CT molecular complexity index is 699. The molecule has 1 aliphatic rings. The Morgan fingerprint density at radius 1 is 1.18 bits per heavy atom. The van der Waals surface area contributed by atoms with Crippen LogP contribution in [0.3, 0.4) is 0 Å². The number of carbonyl (C=O) groups is 4. The number of rotatable bonds is 11. The number of carboxylic acid groups (broad SMARTS) is 1. The van der Waals surface area contributed by atoms with Crippen LogP contribution in [-0.2, 0) is 33.3 Å². The third-order valence-electron chi connectivity index (χ3n) is 4.34. The topological polar surface area (TPSA) is 170 Å². The second kappa shape index (κ2) is 13.0. The molecule has 4 atom stereocenters. The Labute approximate surface area is 197 Å². The van der Waals surface area contributed by atoms with Crippen LogP contribution in [0, 0.1) is 0 Å². The third kappa shape index (κ3) is 10.2. The van der Waals surface area contributed by atoms with Crippen molar-refractivity contribution in [3.63, 3.8) is 0 Å². The van der Waals surface area contributed by atoms with Gasteiger partial charge in [-0.05, 0) is 32.9 Å². The number of ether oxygens (including phenoxy) is 4. The van der Waals surface area contributed by atoms with Crippen molar-refractivity contribution in [3.05, 3.63) is 0 Å². The van der Waals surface area contributed by atoms with E-state index in [9.17, 15) is 24.3 Å². The summed E-state index contributed by atoms with van der Waals surface area (Å²) in [5.41, 5.74) is -0.800. The first kappa shape index (κ1) is 28.9. The normalized spacial score (nSPS) is 25.1. The standard InChI is InChI=1S/C20H34N2O10S/c1-12(23)21-15-13(22-18(28)32-19(2,3)4)11-20(17(27)29-5,31-16(15)26)30-8-6-9-33-10-7-14(24)25/h13,15-16,26H,6-11H2,1-5H3,(H,21,23)(H,22,28)(H,24,25)/t13-,15+,16+,20+/m0/s1. The van der Waals surface area contributed by atoms with E-state index in [1.54, 1.807) is 20.8 Å². The van der Waals surface area contributed by atoms with Gasteiger partial charge in [-0.15, -0.1) is 0 Å². The molecule has 2 amide bonds. The van der Waals surface area contributed by atoms with Crippen molar-refractivity contribution in [2.45, 2.75) is 76.7 Å². The summed E-state index contributed by atoms with van der Waals surface area (Å²) in [5.74, 6) is -3.31. The Kier molecular flexibility index (Phi) is 11.4. The van der Waals surface area contributed by atoms with E-state index in [-0.39, 0.29) is 19.4 Å². The van der Waals surface area contributed by atoms with Crippen molar-refractivity contribution < 1.29 is 48.3 Å². The van der Waals surface area contributed by atoms with E-state index in [1.165, 1.54) is 18.7 Å². The predicted molar refractivity (Wildman–Crippen MR) is 117 cm³/mol. The highest BCUT2D eigenvalue weighted by Gasteiger charge is 2.54. The molecular weight excluding hydrogens is 460 g/mol. The number of methoxy groups -OCH3 is 1. The summed E-state index contributed by atoms with van der Waals surface area (Å²) in [6, 6.07) is -2.07. The maximum Gasteiger partial charge on any atom is 0.407 e. The molecule has 1 fully saturated rings. The van der Waals surface area contributed by atoms with Crippen LogP contribution in [0.15, 0.2) is 0 Å². The molecule has 1 heterocycles. The van der Waals surface area contributed by atoms with Crippen LogP contribution in [-0.4, -0.2) is 89.1 Å². The molecule has 0 radical (unpaired) electrons. The van der Waals surface area contributed by atoms with Gasteiger partial charge < -0.3 is 39.8 Å². The average Bonchev–Trinajstić information content (AvgIpc) is 2.67. The van der Waals surface area contributed by atoms with Gasteiger partial charge in [-0.25, -0.2) is 9.59 Å². The minimum absolute atomic E-state index is 0.0336. The molecule has 0 aromatic heterocycles. The highest BCUT2D eigenvalue weighted by Crippen LogP contribution is 2.32. The number of hydrogen-bond donors (Lipinski definition) is 4. The van der Waals surface area contributed by atoms with Crippen molar-refractivity contribution in [1.29, 1.82) is 0 Å². The Hall–Kier alpha value is -2.09. The van der Waals surface area contributed by atoms with Crippen LogP contribution < -0.4 is 10.6 Å². The zero-order chi connectivity index (χ0) is 25.2. The molecule has 12 nitrogen and oxygen atoms in total. The van der Waals surface area contributed by atoms with Gasteiger partial charge in [0.25, 0.3) is 5.79 Å². The molecule has 0 unspecified atom stereocenters. The molecule has 1 aliphatic heterocycles. The lowest BCUT2D eigenvalue weighted by molar-refractivity contribution is -0.322. The maximum absolute atomic E-state index is 12.6. The lowest BCUT2D eigenvalue weighted by Crippen LogP contribution is -2.68. The molecule has 1 rings (SSSR count). The van der Waals surface area contributed by atoms with E-state index < -0.39 is 53.7 Å². The average molecular weight is 495 g/mol. The molecule has 0 aromatic rings. The second-order valence-corrected chi connectivity index (χ2v) is 9.62. The van der Waals surface area contributed by atoms with Crippen molar-refractivity contribution in [1.82, 2.24) is 10.6 Å². The minimum atomic E-state index is -2.03. The number of thioether (sulfide) groups is 1. The van der Waals surface area contributed by atoms with E-state index in [0.29, 0.717) is 17.9 Å². The van der Waals surface area contributed by atoms with Crippen LogP contribution in [0.4, 0.5) is 4.79 Å². The first-order valence-corrected chi connectivity index (χ1v) is 11.6. The third-order valence-corrected chi connectivity index (χ3v) is 5.41. The van der Waals surface area contributed by atoms with Crippen molar-refractivity contribution >= 4 is 35.7 Å². The SMILES string of the molecule is COC(=O)[C@@]1(OCCCSCCC(=O)O)C[C@H](NC(=O)OC(C)(C)C)[C@@H](NC(C)=O)[C@H](O)O1. The minimum Gasteiger partial charge on any atom is -0.481 e. The van der Waals surface area contributed by atoms with Gasteiger partial charge in [0.15, 0.2) is 6.29 Å². The Balaban J connectivity index is 2.93. The summed E-state index contributed by atoms with van der Waals surface area (Å²) in [4.78, 5) is 47.1. The molecule has 0 saturated carbocycles. The molecule has 13 heteroatoms. The van der Waals surface area contributed by atoms with Crippen LogP contribution in [0.2, 0.25) is 0 Å². The number of aliphatic carboxylic acids is 1. The summed E-state index contributed by atoms with van der Waals surface area (Å²) in [6.07, 6.45) is -2.29. The number of hydrogen-bond acceptors (Lipinski definition) is 10. The van der Waals surface area contributed by atoms with Gasteiger partial charge in [0.05, 0.1) is 26.2 Å². The summed E-state index contributed by atoms with van der Waals surface area (Å²) < 4.78 is 21.2. The largest absolute Gasteiger partial charge is 0.481 e. The summed E-state index contributed by atoms with van der Waals surface area (Å²) in [6.45, 7) is 6.29. The monoisotopic (exact) mass is 494 g/mol. The number of carbonyl (C=O) groups excluding carboxylic acids is 3. The number of esters is 1. The van der Waals surface area contributed by atoms with Crippen molar-refractivity contribution in [2.75, 3.05) is 25.2 Å². The highest BCUT2D eigenvalue weighted by atomic mass is 32.2. The fourth-order valence-corrected chi connectivity index (χ4v) is 3.88. The van der Waals surface area contributed by atoms with E-state index in [0.717, 1.165) is 7.11 Å². The summed E-state index contributed by atoms with van der Waals surface area (Å²) in [5, 5.41) is 24.3. The lowest BCUT2D eigenvalue weighted by Gasteiger charge is -2.44. The van der Waals surface area contributed by atoms with E-state index in [4.69, 9.17) is 24.1 Å². The van der Waals surface area contributed by atoms with Gasteiger partial charge in [0, 0.05) is 19.1 Å². The number of aliphatic hydroxyl groups excluding tert-OH is 1. The van der Waals surface area contributed by atoms with Gasteiger partial charge in [0.2, 0.25) is 5.91 Å². The van der Waals surface area contributed by atoms with Gasteiger partial charge in [-0.2, -0.15) is 11.8 Å². The van der Waals surface area contributed by atoms with Gasteiger partial charge in [-0.1, -0.05) is 0 Å². The number of amides is 2. The Morgan fingerprint density at radius 2 is 1.85 bits per heavy atom. The smallest absolute Gasteiger partial charge is 0.407 e. The maximum atomic E-state index is 12.6. The van der Waals surface area contributed by atoms with Crippen molar-refractivity contribution in [3.8, 4) is 0 Å². The molecule has 0 aromatic carbocycles. The number of alkyl carbamates (subject to hydrolysis) is 1. The molecule has 0 bridgehead atoms. The summed E-state index contributed by atoms with van der Waals surface area (Å²) in [7, 11) is 1.13. The summed E-state index contributed by atoms with van der Waals surface area (Å²) >= 11 is 1.41. The molecule has 0 aliphatic carbocycles. The fourth-order valence-electron chi connectivity index (χ4n) is 3.04. The first-order chi connectivity index (χ1) is 15.3.